The molecule has 0 bridgehead atoms. The van der Waals surface area contributed by atoms with Gasteiger partial charge in [-0.05, 0) is 48.9 Å². The lowest BCUT2D eigenvalue weighted by Crippen LogP contribution is -2.20. The van der Waals surface area contributed by atoms with Gasteiger partial charge in [0.05, 0.1) is 25.5 Å². The van der Waals surface area contributed by atoms with E-state index in [-0.39, 0.29) is 23.8 Å². The van der Waals surface area contributed by atoms with Crippen molar-refractivity contribution in [3.8, 4) is 11.5 Å². The fourth-order valence-corrected chi connectivity index (χ4v) is 2.32. The Kier molecular flexibility index (Phi) is 8.24. The van der Waals surface area contributed by atoms with Gasteiger partial charge in [-0.1, -0.05) is 6.07 Å². The fourth-order valence-electron chi connectivity index (χ4n) is 2.32. The SMILES string of the molecule is CCOC(=O)N/N=C/c1ccc(OCC(=O)Nc2cccc(C(F)(F)F)c2)c(OC)c1. The predicted octanol–water partition coefficient (Wildman–Crippen LogP) is 3.81. The lowest BCUT2D eigenvalue weighted by Gasteiger charge is -2.12. The number of carbonyl (C=O) groups excluding carboxylic acids is 2. The van der Waals surface area contributed by atoms with Crippen LogP contribution in [0, 0.1) is 0 Å². The van der Waals surface area contributed by atoms with Crippen molar-refractivity contribution in [2.45, 2.75) is 13.1 Å². The van der Waals surface area contributed by atoms with Crippen molar-refractivity contribution in [3.05, 3.63) is 53.6 Å². The molecule has 2 amide bonds. The third kappa shape index (κ3) is 7.53. The summed E-state index contributed by atoms with van der Waals surface area (Å²) < 4.78 is 53.5. The lowest BCUT2D eigenvalue weighted by molar-refractivity contribution is -0.137. The molecule has 11 heteroatoms. The summed E-state index contributed by atoms with van der Waals surface area (Å²) in [7, 11) is 1.39. The number of methoxy groups -OCH3 is 1. The first-order valence-electron chi connectivity index (χ1n) is 8.96. The Morgan fingerprint density at radius 2 is 1.90 bits per heavy atom. The molecule has 8 nitrogen and oxygen atoms in total. The number of ether oxygens (including phenoxy) is 3. The summed E-state index contributed by atoms with van der Waals surface area (Å²) in [6.07, 6.45) is -3.86. The van der Waals surface area contributed by atoms with Crippen molar-refractivity contribution in [2.24, 2.45) is 5.10 Å². The van der Waals surface area contributed by atoms with Gasteiger partial charge in [0.15, 0.2) is 18.1 Å². The van der Waals surface area contributed by atoms with E-state index < -0.39 is 30.3 Å². The van der Waals surface area contributed by atoms with Gasteiger partial charge in [-0.3, -0.25) is 4.79 Å². The molecular formula is C20H20F3N3O5. The van der Waals surface area contributed by atoms with Crippen LogP contribution in [0.15, 0.2) is 47.6 Å². The lowest BCUT2D eigenvalue weighted by atomic mass is 10.2. The molecule has 0 aromatic heterocycles. The van der Waals surface area contributed by atoms with Crippen LogP contribution in [0.4, 0.5) is 23.7 Å². The molecule has 0 unspecified atom stereocenters. The summed E-state index contributed by atoms with van der Waals surface area (Å²) >= 11 is 0. The van der Waals surface area contributed by atoms with Gasteiger partial charge in [-0.25, -0.2) is 10.2 Å². The fraction of sp³-hybridized carbons (Fsp3) is 0.250. The molecule has 2 aromatic rings. The van der Waals surface area contributed by atoms with Crippen LogP contribution in [0.2, 0.25) is 0 Å². The van der Waals surface area contributed by atoms with Crippen LogP contribution >= 0.6 is 0 Å². The number of hydrogen-bond acceptors (Lipinski definition) is 6. The highest BCUT2D eigenvalue weighted by Crippen LogP contribution is 2.31. The molecule has 0 aliphatic rings. The van der Waals surface area contributed by atoms with Crippen LogP contribution in [-0.2, 0) is 15.7 Å². The summed E-state index contributed by atoms with van der Waals surface area (Å²) in [5.74, 6) is -0.130. The Balaban J connectivity index is 1.96. The van der Waals surface area contributed by atoms with Crippen molar-refractivity contribution in [3.63, 3.8) is 0 Å². The maximum absolute atomic E-state index is 12.8. The van der Waals surface area contributed by atoms with Crippen LogP contribution in [0.5, 0.6) is 11.5 Å². The molecule has 0 aliphatic heterocycles. The molecule has 0 aliphatic carbocycles. The number of hydrogen-bond donors (Lipinski definition) is 2. The van der Waals surface area contributed by atoms with Crippen LogP contribution in [0.3, 0.4) is 0 Å². The molecule has 0 fully saturated rings. The normalized spacial score (nSPS) is 11.1. The number of alkyl halides is 3. The molecule has 2 rings (SSSR count). The van der Waals surface area contributed by atoms with Gasteiger partial charge < -0.3 is 19.5 Å². The highest BCUT2D eigenvalue weighted by Gasteiger charge is 2.30. The number of halogens is 3. The number of carbonyl (C=O) groups is 2. The highest BCUT2D eigenvalue weighted by molar-refractivity contribution is 5.92. The van der Waals surface area contributed by atoms with E-state index in [1.54, 1.807) is 19.1 Å². The number of nitrogens with zero attached hydrogens (tertiary/aromatic N) is 1. The van der Waals surface area contributed by atoms with E-state index in [2.05, 4.69) is 20.6 Å². The van der Waals surface area contributed by atoms with E-state index >= 15 is 0 Å². The summed E-state index contributed by atoms with van der Waals surface area (Å²) in [4.78, 5) is 23.2. The van der Waals surface area contributed by atoms with Crippen molar-refractivity contribution in [1.82, 2.24) is 5.43 Å². The molecule has 0 atom stereocenters. The van der Waals surface area contributed by atoms with Crippen molar-refractivity contribution in [2.75, 3.05) is 25.6 Å². The molecule has 0 radical (unpaired) electrons. The molecule has 166 valence electrons. The smallest absolute Gasteiger partial charge is 0.427 e. The molecule has 0 saturated carbocycles. The second kappa shape index (κ2) is 10.9. The van der Waals surface area contributed by atoms with Crippen molar-refractivity contribution in [1.29, 1.82) is 0 Å². The molecule has 2 aromatic carbocycles. The first kappa shape index (κ1) is 23.5. The van der Waals surface area contributed by atoms with Crippen LogP contribution in [0.1, 0.15) is 18.1 Å². The van der Waals surface area contributed by atoms with Gasteiger partial charge in [0.1, 0.15) is 0 Å². The Labute approximate surface area is 176 Å². The zero-order valence-corrected chi connectivity index (χ0v) is 16.7. The maximum atomic E-state index is 12.8. The van der Waals surface area contributed by atoms with E-state index in [9.17, 15) is 22.8 Å². The first-order valence-corrected chi connectivity index (χ1v) is 8.96. The topological polar surface area (TPSA) is 98.3 Å². The number of benzene rings is 2. The van der Waals surface area contributed by atoms with E-state index in [4.69, 9.17) is 9.47 Å². The minimum absolute atomic E-state index is 0.00366. The number of rotatable bonds is 8. The molecule has 0 saturated heterocycles. The molecule has 0 spiro atoms. The third-order valence-electron chi connectivity index (χ3n) is 3.66. The van der Waals surface area contributed by atoms with Gasteiger partial charge in [-0.15, -0.1) is 0 Å². The Morgan fingerprint density at radius 1 is 1.13 bits per heavy atom. The standard InChI is InChI=1S/C20H20F3N3O5/c1-3-30-19(28)26-24-11-13-7-8-16(17(9-13)29-2)31-12-18(27)25-15-6-4-5-14(10-15)20(21,22)23/h4-11H,3,12H2,1-2H3,(H,25,27)(H,26,28)/b24-11+. The average molecular weight is 439 g/mol. The highest BCUT2D eigenvalue weighted by atomic mass is 19.4. The van der Waals surface area contributed by atoms with E-state index in [0.29, 0.717) is 5.56 Å². The quantitative estimate of drug-likeness (QED) is 0.482. The average Bonchev–Trinajstić information content (AvgIpc) is 2.72. The number of nitrogens with one attached hydrogen (secondary N) is 2. The second-order valence-corrected chi connectivity index (χ2v) is 5.92. The molecule has 31 heavy (non-hydrogen) atoms. The Bertz CT molecular complexity index is 948. The van der Waals surface area contributed by atoms with E-state index in [0.717, 1.165) is 12.1 Å². The zero-order valence-electron chi connectivity index (χ0n) is 16.7. The van der Waals surface area contributed by atoms with E-state index in [1.807, 2.05) is 0 Å². The van der Waals surface area contributed by atoms with E-state index in [1.165, 1.54) is 31.5 Å². The van der Waals surface area contributed by atoms with Gasteiger partial charge in [0, 0.05) is 5.69 Å². The molecule has 0 heterocycles. The number of hydrazone groups is 1. The summed E-state index contributed by atoms with van der Waals surface area (Å²) in [6, 6.07) is 8.93. The second-order valence-electron chi connectivity index (χ2n) is 5.92. The zero-order chi connectivity index (χ0) is 22.9. The van der Waals surface area contributed by atoms with Crippen LogP contribution < -0.4 is 20.2 Å². The van der Waals surface area contributed by atoms with Gasteiger partial charge in [0.2, 0.25) is 0 Å². The Hall–Kier alpha value is -3.76. The number of anilines is 1. The minimum atomic E-state index is -4.51. The number of amides is 2. The monoisotopic (exact) mass is 439 g/mol. The minimum Gasteiger partial charge on any atom is -0.493 e. The summed E-state index contributed by atoms with van der Waals surface area (Å²) in [5.41, 5.74) is 1.86. The molecular weight excluding hydrogens is 419 g/mol. The first-order chi connectivity index (χ1) is 14.7. The third-order valence-corrected chi connectivity index (χ3v) is 3.66. The molecule has 2 N–H and O–H groups in total. The summed E-state index contributed by atoms with van der Waals surface area (Å²) in [6.45, 7) is 1.42. The van der Waals surface area contributed by atoms with Crippen molar-refractivity contribution >= 4 is 23.9 Å². The van der Waals surface area contributed by atoms with Gasteiger partial charge in [-0.2, -0.15) is 18.3 Å². The van der Waals surface area contributed by atoms with Gasteiger partial charge >= 0.3 is 12.3 Å². The summed E-state index contributed by atoms with van der Waals surface area (Å²) in [5, 5.41) is 6.06. The van der Waals surface area contributed by atoms with Crippen LogP contribution in [-0.4, -0.2) is 38.5 Å². The van der Waals surface area contributed by atoms with Crippen LogP contribution in [0.25, 0.3) is 0 Å². The Morgan fingerprint density at radius 3 is 2.58 bits per heavy atom. The largest absolute Gasteiger partial charge is 0.493 e. The maximum Gasteiger partial charge on any atom is 0.427 e. The van der Waals surface area contributed by atoms with Crippen molar-refractivity contribution < 1.29 is 37.0 Å². The van der Waals surface area contributed by atoms with Gasteiger partial charge in [0.25, 0.3) is 5.91 Å². The predicted molar refractivity (Wildman–Crippen MR) is 106 cm³/mol.